The van der Waals surface area contributed by atoms with Gasteiger partial charge >= 0.3 is 0 Å². The lowest BCUT2D eigenvalue weighted by molar-refractivity contribution is 0.370. The number of nitrogens with zero attached hydrogens (tertiary/aromatic N) is 5. The van der Waals surface area contributed by atoms with Crippen LogP contribution in [0.25, 0.3) is 28.2 Å². The van der Waals surface area contributed by atoms with Crippen molar-refractivity contribution in [1.82, 2.24) is 24.3 Å². The van der Waals surface area contributed by atoms with Crippen LogP contribution in [0.1, 0.15) is 23.9 Å². The van der Waals surface area contributed by atoms with Gasteiger partial charge in [0.1, 0.15) is 12.1 Å². The van der Waals surface area contributed by atoms with Crippen molar-refractivity contribution in [3.8, 4) is 22.6 Å². The Bertz CT molecular complexity index is 1430. The lowest BCUT2D eigenvalue weighted by atomic mass is 10.1. The first kappa shape index (κ1) is 19.0. The Morgan fingerprint density at radius 3 is 2.61 bits per heavy atom. The van der Waals surface area contributed by atoms with E-state index in [9.17, 15) is 4.79 Å². The average Bonchev–Trinajstić information content (AvgIpc) is 3.44. The molecule has 7 heteroatoms. The fourth-order valence-electron chi connectivity index (χ4n) is 3.61. The van der Waals surface area contributed by atoms with Crippen LogP contribution in [0.3, 0.4) is 0 Å². The van der Waals surface area contributed by atoms with Crippen molar-refractivity contribution in [3.05, 3.63) is 94.4 Å². The standard InChI is InChI=1S/C24H21N5O2/c1-3-17-8-10-18(11-9-17)23-25-22(31-27-23)15-28-12-13-29-21(24(28)30)14-20(26-29)19-7-5-4-6-16(19)2/h4-14H,3,15H2,1-2H3. The highest BCUT2D eigenvalue weighted by atomic mass is 16.5. The third kappa shape index (κ3) is 3.54. The molecule has 0 aliphatic heterocycles. The van der Waals surface area contributed by atoms with E-state index in [2.05, 4.69) is 34.3 Å². The number of rotatable bonds is 5. The maximum Gasteiger partial charge on any atom is 0.277 e. The molecule has 0 unspecified atom stereocenters. The fraction of sp³-hybridized carbons (Fsp3) is 0.167. The van der Waals surface area contributed by atoms with Crippen LogP contribution in [0.5, 0.6) is 0 Å². The summed E-state index contributed by atoms with van der Waals surface area (Å²) in [5, 5.41) is 8.63. The third-order valence-electron chi connectivity index (χ3n) is 5.42. The molecule has 0 spiro atoms. The van der Waals surface area contributed by atoms with Crippen LogP contribution in [0.4, 0.5) is 0 Å². The second-order valence-electron chi connectivity index (χ2n) is 7.47. The van der Waals surface area contributed by atoms with Crippen molar-refractivity contribution < 1.29 is 4.52 Å². The van der Waals surface area contributed by atoms with Gasteiger partial charge in [-0.25, -0.2) is 4.52 Å². The van der Waals surface area contributed by atoms with Crippen LogP contribution in [-0.2, 0) is 13.0 Å². The zero-order valence-corrected chi connectivity index (χ0v) is 17.3. The Morgan fingerprint density at radius 2 is 1.84 bits per heavy atom. The van der Waals surface area contributed by atoms with E-state index in [0.717, 1.165) is 28.8 Å². The maximum absolute atomic E-state index is 13.0. The second kappa shape index (κ2) is 7.68. The molecule has 0 N–H and O–H groups in total. The molecule has 7 nitrogen and oxygen atoms in total. The maximum atomic E-state index is 13.0. The number of hydrogen-bond donors (Lipinski definition) is 0. The summed E-state index contributed by atoms with van der Waals surface area (Å²) < 4.78 is 8.55. The first-order valence-electron chi connectivity index (χ1n) is 10.2. The van der Waals surface area contributed by atoms with Gasteiger partial charge < -0.3 is 9.09 Å². The SMILES string of the molecule is CCc1ccc(-c2noc(Cn3ccn4nc(-c5ccccc5C)cc4c3=O)n2)cc1. The topological polar surface area (TPSA) is 78.2 Å². The van der Waals surface area contributed by atoms with E-state index in [0.29, 0.717) is 17.2 Å². The van der Waals surface area contributed by atoms with Gasteiger partial charge in [0, 0.05) is 23.5 Å². The second-order valence-corrected chi connectivity index (χ2v) is 7.47. The van der Waals surface area contributed by atoms with Crippen molar-refractivity contribution in [3.63, 3.8) is 0 Å². The van der Waals surface area contributed by atoms with Crippen molar-refractivity contribution in [1.29, 1.82) is 0 Å². The van der Waals surface area contributed by atoms with Gasteiger partial charge in [0.2, 0.25) is 11.7 Å². The van der Waals surface area contributed by atoms with Gasteiger partial charge in [-0.05, 0) is 30.5 Å². The molecule has 2 aromatic carbocycles. The Balaban J connectivity index is 1.44. The van der Waals surface area contributed by atoms with Crippen molar-refractivity contribution >= 4 is 5.52 Å². The van der Waals surface area contributed by atoms with E-state index in [-0.39, 0.29) is 12.1 Å². The predicted molar refractivity (Wildman–Crippen MR) is 118 cm³/mol. The van der Waals surface area contributed by atoms with Gasteiger partial charge in [-0.2, -0.15) is 10.1 Å². The Labute approximate surface area is 178 Å². The molecule has 3 heterocycles. The number of aromatic nitrogens is 5. The Hall–Kier alpha value is -4.00. The first-order valence-corrected chi connectivity index (χ1v) is 10.2. The van der Waals surface area contributed by atoms with E-state index >= 15 is 0 Å². The summed E-state index contributed by atoms with van der Waals surface area (Å²) in [5.74, 6) is 0.887. The summed E-state index contributed by atoms with van der Waals surface area (Å²) in [6, 6.07) is 17.9. The molecule has 154 valence electrons. The molecular formula is C24H21N5O2. The molecule has 31 heavy (non-hydrogen) atoms. The van der Waals surface area contributed by atoms with Gasteiger partial charge in [0.25, 0.3) is 5.56 Å². The zero-order valence-electron chi connectivity index (χ0n) is 17.3. The summed E-state index contributed by atoms with van der Waals surface area (Å²) in [7, 11) is 0. The van der Waals surface area contributed by atoms with E-state index < -0.39 is 0 Å². The van der Waals surface area contributed by atoms with Crippen molar-refractivity contribution in [2.45, 2.75) is 26.8 Å². The van der Waals surface area contributed by atoms with Crippen LogP contribution in [0, 0.1) is 6.92 Å². The van der Waals surface area contributed by atoms with Gasteiger partial charge in [-0.3, -0.25) is 4.79 Å². The smallest absolute Gasteiger partial charge is 0.277 e. The lowest BCUT2D eigenvalue weighted by Gasteiger charge is -2.02. The predicted octanol–water partition coefficient (Wildman–Crippen LogP) is 4.13. The average molecular weight is 411 g/mol. The molecule has 0 radical (unpaired) electrons. The van der Waals surface area contributed by atoms with E-state index in [1.807, 2.05) is 49.4 Å². The molecule has 0 saturated carbocycles. The van der Waals surface area contributed by atoms with Crippen LogP contribution < -0.4 is 5.56 Å². The molecule has 0 amide bonds. The summed E-state index contributed by atoms with van der Waals surface area (Å²) >= 11 is 0. The molecular weight excluding hydrogens is 390 g/mol. The number of benzene rings is 2. The van der Waals surface area contributed by atoms with E-state index in [4.69, 9.17) is 4.52 Å². The number of hydrogen-bond acceptors (Lipinski definition) is 5. The van der Waals surface area contributed by atoms with Crippen LogP contribution >= 0.6 is 0 Å². The highest BCUT2D eigenvalue weighted by Gasteiger charge is 2.13. The highest BCUT2D eigenvalue weighted by Crippen LogP contribution is 2.22. The minimum Gasteiger partial charge on any atom is -0.337 e. The third-order valence-corrected chi connectivity index (χ3v) is 5.42. The normalized spacial score (nSPS) is 11.3. The lowest BCUT2D eigenvalue weighted by Crippen LogP contribution is -2.21. The highest BCUT2D eigenvalue weighted by molar-refractivity contribution is 5.68. The Morgan fingerprint density at radius 1 is 1.03 bits per heavy atom. The van der Waals surface area contributed by atoms with Crippen LogP contribution in [0.15, 0.2) is 76.3 Å². The molecule has 0 aliphatic rings. The molecule has 0 bridgehead atoms. The zero-order chi connectivity index (χ0) is 21.4. The molecule has 0 saturated heterocycles. The van der Waals surface area contributed by atoms with Gasteiger partial charge in [0.15, 0.2) is 0 Å². The summed E-state index contributed by atoms with van der Waals surface area (Å²) in [6.07, 6.45) is 4.42. The molecule has 0 fully saturated rings. The molecule has 5 aromatic rings. The molecule has 0 atom stereocenters. The number of aryl methyl sites for hydroxylation is 2. The summed E-state index contributed by atoms with van der Waals surface area (Å²) in [5.41, 5.74) is 5.34. The Kier molecular flexibility index (Phi) is 4.71. The number of fused-ring (bicyclic) bond motifs is 1. The largest absolute Gasteiger partial charge is 0.337 e. The van der Waals surface area contributed by atoms with Gasteiger partial charge in [-0.15, -0.1) is 0 Å². The van der Waals surface area contributed by atoms with Crippen molar-refractivity contribution in [2.24, 2.45) is 0 Å². The monoisotopic (exact) mass is 411 g/mol. The van der Waals surface area contributed by atoms with E-state index in [1.165, 1.54) is 5.56 Å². The molecule has 0 aliphatic carbocycles. The molecule has 5 rings (SSSR count). The quantitative estimate of drug-likeness (QED) is 0.434. The van der Waals surface area contributed by atoms with Gasteiger partial charge in [-0.1, -0.05) is 60.6 Å². The first-order chi connectivity index (χ1) is 15.1. The minimum atomic E-state index is -0.165. The van der Waals surface area contributed by atoms with E-state index in [1.54, 1.807) is 21.5 Å². The molecule has 3 aromatic heterocycles. The summed E-state index contributed by atoms with van der Waals surface area (Å²) in [6.45, 7) is 4.33. The minimum absolute atomic E-state index is 0.165. The fourth-order valence-corrected chi connectivity index (χ4v) is 3.61. The van der Waals surface area contributed by atoms with Crippen molar-refractivity contribution in [2.75, 3.05) is 0 Å². The van der Waals surface area contributed by atoms with Crippen LogP contribution in [-0.4, -0.2) is 24.3 Å². The summed E-state index contributed by atoms with van der Waals surface area (Å²) in [4.78, 5) is 17.5. The van der Waals surface area contributed by atoms with Crippen LogP contribution in [0.2, 0.25) is 0 Å². The van der Waals surface area contributed by atoms with Gasteiger partial charge in [0.05, 0.1) is 5.69 Å².